The normalized spacial score (nSPS) is 11.6. The summed E-state index contributed by atoms with van der Waals surface area (Å²) < 4.78 is 45.7. The van der Waals surface area contributed by atoms with Gasteiger partial charge in [0, 0.05) is 30.3 Å². The molecule has 0 fully saturated rings. The molecule has 1 amide bonds. The van der Waals surface area contributed by atoms with Gasteiger partial charge in [0.05, 0.1) is 17.1 Å². The van der Waals surface area contributed by atoms with E-state index in [1.54, 1.807) is 0 Å². The maximum atomic E-state index is 13.9. The van der Waals surface area contributed by atoms with Crippen LogP contribution in [0.25, 0.3) is 0 Å². The highest BCUT2D eigenvalue weighted by Gasteiger charge is 2.26. The van der Waals surface area contributed by atoms with Gasteiger partial charge < -0.3 is 10.1 Å². The van der Waals surface area contributed by atoms with Gasteiger partial charge in [-0.1, -0.05) is 23.2 Å². The van der Waals surface area contributed by atoms with E-state index in [1.807, 2.05) is 0 Å². The van der Waals surface area contributed by atoms with Crippen molar-refractivity contribution in [2.75, 3.05) is 32.1 Å². The van der Waals surface area contributed by atoms with Crippen LogP contribution in [0.5, 0.6) is 0 Å². The van der Waals surface area contributed by atoms with Crippen molar-refractivity contribution in [3.63, 3.8) is 0 Å². The summed E-state index contributed by atoms with van der Waals surface area (Å²) in [5.74, 6) is -1.40. The predicted molar refractivity (Wildman–Crippen MR) is 107 cm³/mol. The highest BCUT2D eigenvalue weighted by molar-refractivity contribution is 7.89. The number of hydrogen-bond acceptors (Lipinski definition) is 4. The number of nitrogens with zero attached hydrogens (tertiary/aromatic N) is 1. The lowest BCUT2D eigenvalue weighted by Crippen LogP contribution is -2.39. The lowest BCUT2D eigenvalue weighted by atomic mass is 10.3. The monoisotopic (exact) mass is 448 g/mol. The summed E-state index contributed by atoms with van der Waals surface area (Å²) in [6.07, 6.45) is 0.381. The zero-order valence-corrected chi connectivity index (χ0v) is 17.3. The van der Waals surface area contributed by atoms with Crippen molar-refractivity contribution in [2.45, 2.75) is 11.3 Å². The van der Waals surface area contributed by atoms with E-state index in [2.05, 4.69) is 5.32 Å². The van der Waals surface area contributed by atoms with Gasteiger partial charge >= 0.3 is 0 Å². The van der Waals surface area contributed by atoms with Gasteiger partial charge in [0.25, 0.3) is 0 Å². The topological polar surface area (TPSA) is 75.7 Å². The summed E-state index contributed by atoms with van der Waals surface area (Å²) in [5, 5.41) is 2.93. The van der Waals surface area contributed by atoms with Crippen molar-refractivity contribution in [1.29, 1.82) is 0 Å². The van der Waals surface area contributed by atoms with Crippen molar-refractivity contribution < 1.29 is 22.3 Å². The fourth-order valence-electron chi connectivity index (χ4n) is 2.37. The number of benzene rings is 2. The van der Waals surface area contributed by atoms with Gasteiger partial charge in [-0.05, 0) is 48.9 Å². The van der Waals surface area contributed by atoms with Gasteiger partial charge in [-0.25, -0.2) is 12.8 Å². The molecule has 6 nitrogen and oxygen atoms in total. The van der Waals surface area contributed by atoms with E-state index in [4.69, 9.17) is 27.9 Å². The third kappa shape index (κ3) is 6.15. The van der Waals surface area contributed by atoms with Crippen LogP contribution in [0.15, 0.2) is 47.4 Å². The minimum Gasteiger partial charge on any atom is -0.385 e. The van der Waals surface area contributed by atoms with E-state index in [0.717, 1.165) is 10.4 Å². The molecule has 0 bridgehead atoms. The van der Waals surface area contributed by atoms with Crippen LogP contribution >= 0.6 is 23.2 Å². The number of ether oxygens (including phenoxy) is 1. The second-order valence-corrected chi connectivity index (χ2v) is 8.62. The highest BCUT2D eigenvalue weighted by Crippen LogP contribution is 2.21. The van der Waals surface area contributed by atoms with Crippen molar-refractivity contribution >= 4 is 44.8 Å². The molecule has 152 valence electrons. The maximum absolute atomic E-state index is 13.9. The number of hydrogen-bond donors (Lipinski definition) is 1. The number of amides is 1. The minimum atomic E-state index is -3.96. The minimum absolute atomic E-state index is 0.000194. The first kappa shape index (κ1) is 22.6. The lowest BCUT2D eigenvalue weighted by molar-refractivity contribution is -0.116. The molecule has 0 radical (unpaired) electrons. The molecule has 0 aliphatic rings. The van der Waals surface area contributed by atoms with E-state index < -0.39 is 28.3 Å². The number of carbonyl (C=O) groups excluding carboxylic acids is 1. The molecule has 0 unspecified atom stereocenters. The number of anilines is 1. The molecule has 0 saturated heterocycles. The predicted octanol–water partition coefficient (Wildman–Crippen LogP) is 3.80. The number of methoxy groups -OCH3 is 1. The third-order valence-electron chi connectivity index (χ3n) is 3.73. The van der Waals surface area contributed by atoms with Crippen LogP contribution in [0, 0.1) is 5.82 Å². The molecule has 2 aromatic rings. The zero-order chi connectivity index (χ0) is 20.7. The third-order valence-corrected chi connectivity index (χ3v) is 6.08. The van der Waals surface area contributed by atoms with Crippen LogP contribution < -0.4 is 5.32 Å². The fourth-order valence-corrected chi connectivity index (χ4v) is 4.09. The molecule has 1 N–H and O–H groups in total. The number of nitrogens with one attached hydrogen (secondary N) is 1. The van der Waals surface area contributed by atoms with E-state index >= 15 is 0 Å². The van der Waals surface area contributed by atoms with Crippen LogP contribution in [0.2, 0.25) is 10.0 Å². The number of halogens is 3. The van der Waals surface area contributed by atoms with Crippen LogP contribution in [0.4, 0.5) is 10.1 Å². The van der Waals surface area contributed by atoms with Gasteiger partial charge in [-0.3, -0.25) is 4.79 Å². The Morgan fingerprint density at radius 3 is 2.39 bits per heavy atom. The molecule has 28 heavy (non-hydrogen) atoms. The molecule has 0 spiro atoms. The Kier molecular flexibility index (Phi) is 8.21. The maximum Gasteiger partial charge on any atom is 0.243 e. The number of carbonyl (C=O) groups is 1. The molecular formula is C18H19Cl2FN2O4S. The SMILES string of the molecule is COCCCN(CC(=O)Nc1ccc(Cl)cc1F)S(=O)(=O)c1ccc(Cl)cc1. The average Bonchev–Trinajstić information content (AvgIpc) is 2.63. The summed E-state index contributed by atoms with van der Waals surface area (Å²) in [6, 6.07) is 9.39. The Balaban J connectivity index is 2.19. The molecule has 2 rings (SSSR count). The average molecular weight is 449 g/mol. The summed E-state index contributed by atoms with van der Waals surface area (Å²) in [7, 11) is -2.46. The van der Waals surface area contributed by atoms with Crippen LogP contribution in [0.1, 0.15) is 6.42 Å². The van der Waals surface area contributed by atoms with Gasteiger partial charge in [0.1, 0.15) is 5.82 Å². The molecule has 0 heterocycles. The largest absolute Gasteiger partial charge is 0.385 e. The summed E-state index contributed by atoms with van der Waals surface area (Å²) in [4.78, 5) is 12.4. The summed E-state index contributed by atoms with van der Waals surface area (Å²) in [5.41, 5.74) is -0.0878. The zero-order valence-electron chi connectivity index (χ0n) is 15.0. The smallest absolute Gasteiger partial charge is 0.243 e. The van der Waals surface area contributed by atoms with Crippen LogP contribution in [-0.2, 0) is 19.6 Å². The first-order valence-electron chi connectivity index (χ1n) is 8.23. The second-order valence-electron chi connectivity index (χ2n) is 5.81. The molecule has 0 saturated carbocycles. The van der Waals surface area contributed by atoms with Crippen LogP contribution in [-0.4, -0.2) is 45.4 Å². The van der Waals surface area contributed by atoms with E-state index in [0.29, 0.717) is 18.1 Å². The van der Waals surface area contributed by atoms with Gasteiger partial charge in [0.15, 0.2) is 0 Å². The van der Waals surface area contributed by atoms with Crippen molar-refractivity contribution in [3.05, 3.63) is 58.3 Å². The molecule has 0 aliphatic heterocycles. The molecule has 0 aliphatic carbocycles. The molecule has 0 atom stereocenters. The van der Waals surface area contributed by atoms with Crippen LogP contribution in [0.3, 0.4) is 0 Å². The summed E-state index contributed by atoms with van der Waals surface area (Å²) >= 11 is 11.5. The van der Waals surface area contributed by atoms with Gasteiger partial charge in [-0.15, -0.1) is 0 Å². The van der Waals surface area contributed by atoms with E-state index in [-0.39, 0.29) is 22.2 Å². The van der Waals surface area contributed by atoms with Crippen molar-refractivity contribution in [2.24, 2.45) is 0 Å². The summed E-state index contributed by atoms with van der Waals surface area (Å²) in [6.45, 7) is -0.119. The van der Waals surface area contributed by atoms with E-state index in [1.165, 1.54) is 43.5 Å². The quantitative estimate of drug-likeness (QED) is 0.591. The molecule has 10 heteroatoms. The Hall–Kier alpha value is -1.71. The first-order valence-corrected chi connectivity index (χ1v) is 10.4. The standard InChI is InChI=1S/C18H19Cl2FN2O4S/c1-27-10-2-9-23(28(25,26)15-6-3-13(19)4-7-15)12-18(24)22-17-8-5-14(20)11-16(17)21/h3-8,11H,2,9-10,12H2,1H3,(H,22,24). The van der Waals surface area contributed by atoms with Gasteiger partial charge in [0.2, 0.25) is 15.9 Å². The number of rotatable bonds is 9. The van der Waals surface area contributed by atoms with Crippen molar-refractivity contribution in [3.8, 4) is 0 Å². The molecule has 0 aromatic heterocycles. The number of sulfonamides is 1. The van der Waals surface area contributed by atoms with E-state index in [9.17, 15) is 17.6 Å². The first-order chi connectivity index (χ1) is 13.2. The lowest BCUT2D eigenvalue weighted by Gasteiger charge is -2.22. The Bertz CT molecular complexity index is 924. The Morgan fingerprint density at radius 1 is 1.14 bits per heavy atom. The second kappa shape index (κ2) is 10.2. The van der Waals surface area contributed by atoms with Gasteiger partial charge in [-0.2, -0.15) is 4.31 Å². The van der Waals surface area contributed by atoms with Crippen molar-refractivity contribution in [1.82, 2.24) is 4.31 Å². The Morgan fingerprint density at radius 2 is 1.79 bits per heavy atom. The molecule has 2 aromatic carbocycles. The highest BCUT2D eigenvalue weighted by atomic mass is 35.5. The Labute approximate surface area is 173 Å². The molecular weight excluding hydrogens is 430 g/mol. The fraction of sp³-hybridized carbons (Fsp3) is 0.278.